The Labute approximate surface area is 130 Å². The molecule has 114 valence electrons. The molecule has 3 aromatic rings. The lowest BCUT2D eigenvalue weighted by Gasteiger charge is -2.11. The zero-order valence-electron chi connectivity index (χ0n) is 12.2. The van der Waals surface area contributed by atoms with Gasteiger partial charge >= 0.3 is 5.97 Å². The molecule has 0 fully saturated rings. The van der Waals surface area contributed by atoms with E-state index in [9.17, 15) is 9.59 Å². The molecule has 0 bridgehead atoms. The average Bonchev–Trinajstić information content (AvgIpc) is 2.90. The summed E-state index contributed by atoms with van der Waals surface area (Å²) in [5.41, 5.74) is 6.43. The Morgan fingerprint density at radius 1 is 1.43 bits per heavy atom. The summed E-state index contributed by atoms with van der Waals surface area (Å²) in [6, 6.07) is 8.70. The predicted molar refractivity (Wildman–Crippen MR) is 84.4 cm³/mol. The molecule has 0 radical (unpaired) electrons. The second-order valence-corrected chi connectivity index (χ2v) is 4.86. The molecular formula is C16H12N4O3. The van der Waals surface area contributed by atoms with Crippen molar-refractivity contribution in [3.63, 3.8) is 0 Å². The van der Waals surface area contributed by atoms with Crippen molar-refractivity contribution < 1.29 is 9.53 Å². The number of esters is 1. The van der Waals surface area contributed by atoms with Gasteiger partial charge in [-0.3, -0.25) is 4.79 Å². The third kappa shape index (κ3) is 2.22. The number of nitrogen functional groups attached to an aromatic ring is 1. The van der Waals surface area contributed by atoms with Gasteiger partial charge < -0.3 is 20.0 Å². The number of carbonyl (C=O) groups excluding carboxylic acids is 1. The van der Waals surface area contributed by atoms with Crippen LogP contribution in [-0.4, -0.2) is 22.6 Å². The summed E-state index contributed by atoms with van der Waals surface area (Å²) >= 11 is 0. The molecule has 0 unspecified atom stereocenters. The van der Waals surface area contributed by atoms with Crippen molar-refractivity contribution in [2.75, 3.05) is 12.8 Å². The number of nitrogens with two attached hydrogens (primary N) is 1. The van der Waals surface area contributed by atoms with Crippen LogP contribution in [0.25, 0.3) is 16.5 Å². The molecule has 1 aromatic carbocycles. The van der Waals surface area contributed by atoms with E-state index in [1.807, 2.05) is 12.1 Å². The molecule has 3 N–H and O–H groups in total. The van der Waals surface area contributed by atoms with Crippen molar-refractivity contribution in [3.05, 3.63) is 58.3 Å². The Hall–Kier alpha value is -3.53. The highest BCUT2D eigenvalue weighted by molar-refractivity contribution is 5.98. The zero-order valence-corrected chi connectivity index (χ0v) is 12.2. The summed E-state index contributed by atoms with van der Waals surface area (Å²) < 4.78 is 6.23. The molecule has 7 nitrogen and oxygen atoms in total. The van der Waals surface area contributed by atoms with Gasteiger partial charge in [0.1, 0.15) is 6.07 Å². The van der Waals surface area contributed by atoms with Crippen LogP contribution in [0.4, 0.5) is 5.69 Å². The summed E-state index contributed by atoms with van der Waals surface area (Å²) in [7, 11) is 1.24. The minimum absolute atomic E-state index is 0.0428. The maximum atomic E-state index is 12.1. The van der Waals surface area contributed by atoms with Gasteiger partial charge in [0.25, 0.3) is 0 Å². The maximum absolute atomic E-state index is 12.1. The first-order valence-electron chi connectivity index (χ1n) is 6.68. The standard InChI is InChI=1S/C16H12N4O3/c1-23-16(22)15-14(18)10(6-17)8-20(15)12-4-2-3-9-7-19-13(21)5-11(9)12/h2-5,7-8H,18H2,1H3,(H,19,21). The van der Waals surface area contributed by atoms with E-state index >= 15 is 0 Å². The monoisotopic (exact) mass is 308 g/mol. The molecule has 0 atom stereocenters. The zero-order chi connectivity index (χ0) is 16.6. The number of hydrogen-bond acceptors (Lipinski definition) is 5. The number of nitrogens with one attached hydrogen (secondary N) is 1. The number of aromatic nitrogens is 2. The van der Waals surface area contributed by atoms with Crippen molar-refractivity contribution in [2.24, 2.45) is 0 Å². The van der Waals surface area contributed by atoms with E-state index in [-0.39, 0.29) is 22.5 Å². The highest BCUT2D eigenvalue weighted by Crippen LogP contribution is 2.28. The number of H-pyrrole nitrogens is 1. The average molecular weight is 308 g/mol. The second-order valence-electron chi connectivity index (χ2n) is 4.86. The van der Waals surface area contributed by atoms with Crippen LogP contribution in [0.3, 0.4) is 0 Å². The number of nitriles is 1. The fourth-order valence-electron chi connectivity index (χ4n) is 2.49. The Morgan fingerprint density at radius 3 is 2.91 bits per heavy atom. The van der Waals surface area contributed by atoms with Crippen LogP contribution in [-0.2, 0) is 4.74 Å². The first-order chi connectivity index (χ1) is 11.1. The Balaban J connectivity index is 2.40. The SMILES string of the molecule is COC(=O)c1c(N)c(C#N)cn1-c1cccc2c[nH]c(=O)cc12. The number of benzene rings is 1. The number of hydrogen-bond donors (Lipinski definition) is 2. The van der Waals surface area contributed by atoms with Crippen LogP contribution >= 0.6 is 0 Å². The van der Waals surface area contributed by atoms with Gasteiger partial charge in [-0.1, -0.05) is 12.1 Å². The molecule has 0 amide bonds. The Bertz CT molecular complexity index is 1020. The summed E-state index contributed by atoms with van der Waals surface area (Å²) in [5.74, 6) is -0.661. The van der Waals surface area contributed by atoms with Gasteiger partial charge in [-0.05, 0) is 6.07 Å². The van der Waals surface area contributed by atoms with Crippen LogP contribution < -0.4 is 11.3 Å². The van der Waals surface area contributed by atoms with Crippen molar-refractivity contribution in [1.82, 2.24) is 9.55 Å². The summed E-state index contributed by atoms with van der Waals surface area (Å²) in [5, 5.41) is 10.6. The Kier molecular flexibility index (Phi) is 3.35. The second kappa shape index (κ2) is 5.35. The highest BCUT2D eigenvalue weighted by Gasteiger charge is 2.22. The maximum Gasteiger partial charge on any atom is 0.357 e. The highest BCUT2D eigenvalue weighted by atomic mass is 16.5. The van der Waals surface area contributed by atoms with E-state index < -0.39 is 5.97 Å². The number of ether oxygens (including phenoxy) is 1. The fourth-order valence-corrected chi connectivity index (χ4v) is 2.49. The van der Waals surface area contributed by atoms with Crippen molar-refractivity contribution in [1.29, 1.82) is 5.26 Å². The normalized spacial score (nSPS) is 10.4. The van der Waals surface area contributed by atoms with E-state index in [1.54, 1.807) is 18.3 Å². The number of aromatic amines is 1. The molecule has 0 aliphatic heterocycles. The van der Waals surface area contributed by atoms with E-state index in [4.69, 9.17) is 15.7 Å². The van der Waals surface area contributed by atoms with Crippen LogP contribution in [0.1, 0.15) is 16.1 Å². The third-order valence-electron chi connectivity index (χ3n) is 3.57. The van der Waals surface area contributed by atoms with Gasteiger partial charge in [0.15, 0.2) is 5.69 Å². The fraction of sp³-hybridized carbons (Fsp3) is 0.0625. The minimum atomic E-state index is -0.661. The number of methoxy groups -OCH3 is 1. The molecule has 3 rings (SSSR count). The molecular weight excluding hydrogens is 296 g/mol. The summed E-state index contributed by atoms with van der Waals surface area (Å²) in [6.07, 6.45) is 3.04. The van der Waals surface area contributed by atoms with Crippen LogP contribution in [0.15, 0.2) is 41.5 Å². The molecule has 7 heteroatoms. The van der Waals surface area contributed by atoms with Crippen molar-refractivity contribution in [3.8, 4) is 11.8 Å². The van der Waals surface area contributed by atoms with Crippen LogP contribution in [0.2, 0.25) is 0 Å². The molecule has 0 saturated heterocycles. The molecule has 0 aliphatic carbocycles. The lowest BCUT2D eigenvalue weighted by atomic mass is 10.1. The minimum Gasteiger partial charge on any atom is -0.464 e. The molecule has 0 spiro atoms. The van der Waals surface area contributed by atoms with Crippen molar-refractivity contribution >= 4 is 22.4 Å². The first kappa shape index (κ1) is 14.4. The van der Waals surface area contributed by atoms with Gasteiger partial charge in [-0.15, -0.1) is 0 Å². The first-order valence-corrected chi connectivity index (χ1v) is 6.68. The number of pyridine rings is 1. The van der Waals surface area contributed by atoms with Gasteiger partial charge in [0.2, 0.25) is 5.56 Å². The molecule has 2 heterocycles. The predicted octanol–water partition coefficient (Wildman–Crippen LogP) is 1.56. The molecule has 23 heavy (non-hydrogen) atoms. The smallest absolute Gasteiger partial charge is 0.357 e. The van der Waals surface area contributed by atoms with Gasteiger partial charge in [0.05, 0.1) is 24.0 Å². The number of fused-ring (bicyclic) bond motifs is 1. The molecule has 0 aliphatic rings. The lowest BCUT2D eigenvalue weighted by molar-refractivity contribution is 0.0593. The van der Waals surface area contributed by atoms with Gasteiger partial charge in [-0.2, -0.15) is 5.26 Å². The van der Waals surface area contributed by atoms with E-state index in [1.165, 1.54) is 23.9 Å². The van der Waals surface area contributed by atoms with E-state index in [0.29, 0.717) is 11.1 Å². The molecule has 0 saturated carbocycles. The lowest BCUT2D eigenvalue weighted by Crippen LogP contribution is -2.12. The van der Waals surface area contributed by atoms with Crippen molar-refractivity contribution in [2.45, 2.75) is 0 Å². The number of nitrogens with zero attached hydrogens (tertiary/aromatic N) is 2. The summed E-state index contributed by atoms with van der Waals surface area (Å²) in [6.45, 7) is 0. The number of carbonyl (C=O) groups is 1. The topological polar surface area (TPSA) is 114 Å². The third-order valence-corrected chi connectivity index (χ3v) is 3.57. The van der Waals surface area contributed by atoms with E-state index in [2.05, 4.69) is 4.98 Å². The Morgan fingerprint density at radius 2 is 2.22 bits per heavy atom. The van der Waals surface area contributed by atoms with E-state index in [0.717, 1.165) is 5.39 Å². The molecule has 2 aromatic heterocycles. The van der Waals surface area contributed by atoms with Gasteiger partial charge in [0, 0.05) is 29.2 Å². The van der Waals surface area contributed by atoms with Crippen LogP contribution in [0.5, 0.6) is 0 Å². The largest absolute Gasteiger partial charge is 0.464 e. The number of rotatable bonds is 2. The van der Waals surface area contributed by atoms with Crippen LogP contribution in [0, 0.1) is 11.3 Å². The quantitative estimate of drug-likeness (QED) is 0.697. The number of anilines is 1. The summed E-state index contributed by atoms with van der Waals surface area (Å²) in [4.78, 5) is 26.3. The van der Waals surface area contributed by atoms with Gasteiger partial charge in [-0.25, -0.2) is 4.79 Å².